The van der Waals surface area contributed by atoms with Crippen molar-refractivity contribution < 1.29 is 13.9 Å². The molecule has 4 nitrogen and oxygen atoms in total. The molecule has 1 heterocycles. The van der Waals surface area contributed by atoms with Gasteiger partial charge in [-0.2, -0.15) is 0 Å². The third-order valence-corrected chi connectivity index (χ3v) is 4.42. The number of piperidine rings is 1. The van der Waals surface area contributed by atoms with Crippen LogP contribution >= 0.6 is 0 Å². The van der Waals surface area contributed by atoms with Crippen LogP contribution in [0.15, 0.2) is 48.5 Å². The molecule has 0 bridgehead atoms. The van der Waals surface area contributed by atoms with Crippen molar-refractivity contribution in [2.45, 2.75) is 25.7 Å². The Bertz CT molecular complexity index is 714. The summed E-state index contributed by atoms with van der Waals surface area (Å²) in [5, 5.41) is 6.24. The van der Waals surface area contributed by atoms with E-state index in [0.717, 1.165) is 32.4 Å². The van der Waals surface area contributed by atoms with Crippen molar-refractivity contribution >= 4 is 11.6 Å². The first-order valence-corrected chi connectivity index (χ1v) is 8.74. The van der Waals surface area contributed by atoms with Crippen LogP contribution in [-0.4, -0.2) is 19.0 Å². The zero-order valence-electron chi connectivity index (χ0n) is 14.1. The number of benzene rings is 2. The van der Waals surface area contributed by atoms with Crippen molar-refractivity contribution in [3.63, 3.8) is 0 Å². The predicted molar refractivity (Wildman–Crippen MR) is 96.4 cm³/mol. The number of para-hydroxylation sites is 2. The van der Waals surface area contributed by atoms with Crippen LogP contribution in [0.1, 0.15) is 25.7 Å². The quantitative estimate of drug-likeness (QED) is 0.821. The molecule has 0 radical (unpaired) electrons. The van der Waals surface area contributed by atoms with E-state index in [0.29, 0.717) is 29.5 Å². The maximum atomic E-state index is 13.3. The van der Waals surface area contributed by atoms with Crippen molar-refractivity contribution in [2.75, 3.05) is 18.4 Å². The monoisotopic (exact) mass is 342 g/mol. The van der Waals surface area contributed by atoms with Gasteiger partial charge in [0.2, 0.25) is 5.91 Å². The maximum absolute atomic E-state index is 13.3. The van der Waals surface area contributed by atoms with E-state index in [4.69, 9.17) is 4.74 Å². The summed E-state index contributed by atoms with van der Waals surface area (Å²) in [6.45, 7) is 2.08. The van der Waals surface area contributed by atoms with Gasteiger partial charge in [-0.1, -0.05) is 18.2 Å². The fraction of sp³-hybridized carbons (Fsp3) is 0.350. The molecule has 5 heteroatoms. The Balaban J connectivity index is 1.59. The third kappa shape index (κ3) is 5.29. The Morgan fingerprint density at radius 1 is 1.16 bits per heavy atom. The molecule has 0 unspecified atom stereocenters. The second-order valence-corrected chi connectivity index (χ2v) is 6.34. The minimum Gasteiger partial charge on any atom is -0.455 e. The van der Waals surface area contributed by atoms with Gasteiger partial charge < -0.3 is 15.4 Å². The van der Waals surface area contributed by atoms with E-state index in [1.165, 1.54) is 12.1 Å². The molecular weight excluding hydrogens is 319 g/mol. The molecule has 25 heavy (non-hydrogen) atoms. The average molecular weight is 342 g/mol. The number of amides is 1. The first-order valence-electron chi connectivity index (χ1n) is 8.74. The van der Waals surface area contributed by atoms with Crippen molar-refractivity contribution in [3.8, 4) is 11.5 Å². The largest absolute Gasteiger partial charge is 0.455 e. The Labute approximate surface area is 147 Å². The SMILES string of the molecule is O=C(CCC1CCNCC1)Nc1ccccc1Oc1cccc(F)c1. The summed E-state index contributed by atoms with van der Waals surface area (Å²) in [4.78, 5) is 12.3. The number of anilines is 1. The van der Waals surface area contributed by atoms with E-state index in [2.05, 4.69) is 10.6 Å². The highest BCUT2D eigenvalue weighted by Gasteiger charge is 2.15. The molecule has 1 amide bonds. The zero-order chi connectivity index (χ0) is 17.5. The van der Waals surface area contributed by atoms with Gasteiger partial charge in [0.05, 0.1) is 5.69 Å². The lowest BCUT2D eigenvalue weighted by Crippen LogP contribution is -2.28. The summed E-state index contributed by atoms with van der Waals surface area (Å²) in [5.41, 5.74) is 0.599. The van der Waals surface area contributed by atoms with Crippen molar-refractivity contribution in [3.05, 3.63) is 54.3 Å². The summed E-state index contributed by atoms with van der Waals surface area (Å²) >= 11 is 0. The van der Waals surface area contributed by atoms with Crippen LogP contribution in [0, 0.1) is 11.7 Å². The molecule has 2 N–H and O–H groups in total. The molecule has 3 rings (SSSR count). The molecule has 0 spiro atoms. The van der Waals surface area contributed by atoms with E-state index >= 15 is 0 Å². The minimum absolute atomic E-state index is 0.0196. The summed E-state index contributed by atoms with van der Waals surface area (Å²) in [7, 11) is 0. The Kier molecular flexibility index (Phi) is 6.01. The lowest BCUT2D eigenvalue weighted by molar-refractivity contribution is -0.116. The molecule has 1 aliphatic heterocycles. The smallest absolute Gasteiger partial charge is 0.224 e. The second kappa shape index (κ2) is 8.62. The number of ether oxygens (including phenoxy) is 1. The van der Waals surface area contributed by atoms with Gasteiger partial charge in [-0.05, 0) is 62.5 Å². The highest BCUT2D eigenvalue weighted by atomic mass is 19.1. The maximum Gasteiger partial charge on any atom is 0.224 e. The molecule has 0 atom stereocenters. The molecule has 1 fully saturated rings. The molecule has 2 aromatic carbocycles. The van der Waals surface area contributed by atoms with E-state index < -0.39 is 0 Å². The fourth-order valence-corrected chi connectivity index (χ4v) is 3.03. The zero-order valence-corrected chi connectivity index (χ0v) is 14.1. The lowest BCUT2D eigenvalue weighted by Gasteiger charge is -2.22. The van der Waals surface area contributed by atoms with Crippen molar-refractivity contribution in [1.82, 2.24) is 5.32 Å². The number of rotatable bonds is 6. The normalized spacial score (nSPS) is 14.9. The van der Waals surface area contributed by atoms with E-state index in [1.807, 2.05) is 12.1 Å². The minimum atomic E-state index is -0.360. The summed E-state index contributed by atoms with van der Waals surface area (Å²) < 4.78 is 19.0. The van der Waals surface area contributed by atoms with Gasteiger partial charge in [0, 0.05) is 12.5 Å². The van der Waals surface area contributed by atoms with Gasteiger partial charge >= 0.3 is 0 Å². The Hall–Kier alpha value is -2.40. The molecule has 2 aromatic rings. The van der Waals surface area contributed by atoms with Crippen LogP contribution in [-0.2, 0) is 4.79 Å². The van der Waals surface area contributed by atoms with E-state index in [-0.39, 0.29) is 11.7 Å². The molecule has 1 aliphatic rings. The van der Waals surface area contributed by atoms with Crippen LogP contribution in [0.5, 0.6) is 11.5 Å². The molecular formula is C20H23FN2O2. The van der Waals surface area contributed by atoms with Gasteiger partial charge in [0.25, 0.3) is 0 Å². The summed E-state index contributed by atoms with van der Waals surface area (Å²) in [6, 6.07) is 13.1. The number of nitrogens with one attached hydrogen (secondary N) is 2. The van der Waals surface area contributed by atoms with E-state index in [1.54, 1.807) is 24.3 Å². The van der Waals surface area contributed by atoms with Gasteiger partial charge in [-0.3, -0.25) is 4.79 Å². The standard InChI is InChI=1S/C20H23FN2O2/c21-16-4-3-5-17(14-16)25-19-7-2-1-6-18(19)23-20(24)9-8-15-10-12-22-13-11-15/h1-7,14-15,22H,8-13H2,(H,23,24). The number of carbonyl (C=O) groups is 1. The van der Waals surface area contributed by atoms with Gasteiger partial charge in [0.15, 0.2) is 5.75 Å². The molecule has 0 aliphatic carbocycles. The van der Waals surface area contributed by atoms with Crippen LogP contribution in [0.2, 0.25) is 0 Å². The van der Waals surface area contributed by atoms with Crippen molar-refractivity contribution in [1.29, 1.82) is 0 Å². The van der Waals surface area contributed by atoms with Gasteiger partial charge in [-0.25, -0.2) is 4.39 Å². The second-order valence-electron chi connectivity index (χ2n) is 6.34. The van der Waals surface area contributed by atoms with E-state index in [9.17, 15) is 9.18 Å². The summed E-state index contributed by atoms with van der Waals surface area (Å²) in [5.74, 6) is 1.14. The van der Waals surface area contributed by atoms with Gasteiger partial charge in [-0.15, -0.1) is 0 Å². The third-order valence-electron chi connectivity index (χ3n) is 4.42. The number of carbonyl (C=O) groups excluding carboxylic acids is 1. The number of hydrogen-bond donors (Lipinski definition) is 2. The average Bonchev–Trinajstić information content (AvgIpc) is 2.63. The highest BCUT2D eigenvalue weighted by Crippen LogP contribution is 2.30. The Morgan fingerprint density at radius 2 is 1.96 bits per heavy atom. The van der Waals surface area contributed by atoms with Crippen LogP contribution in [0.4, 0.5) is 10.1 Å². The van der Waals surface area contributed by atoms with Crippen LogP contribution in [0.25, 0.3) is 0 Å². The van der Waals surface area contributed by atoms with Crippen LogP contribution < -0.4 is 15.4 Å². The lowest BCUT2D eigenvalue weighted by atomic mass is 9.93. The van der Waals surface area contributed by atoms with Crippen molar-refractivity contribution in [2.24, 2.45) is 5.92 Å². The predicted octanol–water partition coefficient (Wildman–Crippen LogP) is 4.34. The first kappa shape index (κ1) is 17.4. The summed E-state index contributed by atoms with van der Waals surface area (Å²) in [6.07, 6.45) is 3.67. The molecule has 1 saturated heterocycles. The molecule has 0 saturated carbocycles. The topological polar surface area (TPSA) is 50.4 Å². The van der Waals surface area contributed by atoms with Crippen LogP contribution in [0.3, 0.4) is 0 Å². The fourth-order valence-electron chi connectivity index (χ4n) is 3.03. The molecule has 0 aromatic heterocycles. The van der Waals surface area contributed by atoms with Gasteiger partial charge in [0.1, 0.15) is 11.6 Å². The number of hydrogen-bond acceptors (Lipinski definition) is 3. The highest BCUT2D eigenvalue weighted by molar-refractivity contribution is 5.92. The molecule has 132 valence electrons. The first-order chi connectivity index (χ1) is 12.2. The number of halogens is 1. The Morgan fingerprint density at radius 3 is 2.76 bits per heavy atom.